The van der Waals surface area contributed by atoms with Gasteiger partial charge in [0, 0.05) is 19.8 Å². The first-order valence-corrected chi connectivity index (χ1v) is 6.78. The summed E-state index contributed by atoms with van der Waals surface area (Å²) in [6.07, 6.45) is 2.24. The van der Waals surface area contributed by atoms with Crippen LogP contribution in [0.3, 0.4) is 0 Å². The number of hydrogen-bond donors (Lipinski definition) is 1. The second kappa shape index (κ2) is 7.55. The van der Waals surface area contributed by atoms with Gasteiger partial charge in [-0.2, -0.15) is 0 Å². The van der Waals surface area contributed by atoms with E-state index in [1.54, 1.807) is 7.11 Å². The van der Waals surface area contributed by atoms with E-state index in [0.717, 1.165) is 19.4 Å². The third-order valence-corrected chi connectivity index (χ3v) is 3.31. The summed E-state index contributed by atoms with van der Waals surface area (Å²) in [6.45, 7) is 7.41. The zero-order chi connectivity index (χ0) is 13.5. The van der Waals surface area contributed by atoms with Crippen molar-refractivity contribution >= 4 is 0 Å². The van der Waals surface area contributed by atoms with E-state index in [9.17, 15) is 0 Å². The summed E-state index contributed by atoms with van der Waals surface area (Å²) in [5.41, 5.74) is 4.13. The van der Waals surface area contributed by atoms with Gasteiger partial charge in [0.2, 0.25) is 0 Å². The Kier molecular flexibility index (Phi) is 6.37. The van der Waals surface area contributed by atoms with Crippen LogP contribution >= 0.6 is 0 Å². The van der Waals surface area contributed by atoms with E-state index >= 15 is 0 Å². The summed E-state index contributed by atoms with van der Waals surface area (Å²) in [5, 5.41) is 3.42. The monoisotopic (exact) mass is 249 g/mol. The Hall–Kier alpha value is -0.860. The van der Waals surface area contributed by atoms with Crippen LogP contribution in [0.5, 0.6) is 0 Å². The summed E-state index contributed by atoms with van der Waals surface area (Å²) >= 11 is 0. The lowest BCUT2D eigenvalue weighted by Gasteiger charge is -2.20. The number of benzene rings is 1. The van der Waals surface area contributed by atoms with Crippen LogP contribution in [0.1, 0.15) is 30.0 Å². The second-order valence-electron chi connectivity index (χ2n) is 5.48. The van der Waals surface area contributed by atoms with Gasteiger partial charge in [-0.3, -0.25) is 0 Å². The van der Waals surface area contributed by atoms with Crippen LogP contribution in [0.2, 0.25) is 0 Å². The molecule has 0 amide bonds. The molecule has 0 aliphatic heterocycles. The number of aryl methyl sites for hydroxylation is 2. The normalized spacial score (nSPS) is 14.5. The number of ether oxygens (including phenoxy) is 1. The van der Waals surface area contributed by atoms with Crippen molar-refractivity contribution in [3.05, 3.63) is 34.9 Å². The first kappa shape index (κ1) is 15.2. The highest BCUT2D eigenvalue weighted by molar-refractivity contribution is 5.29. The topological polar surface area (TPSA) is 21.3 Å². The molecule has 2 atom stereocenters. The van der Waals surface area contributed by atoms with E-state index in [1.165, 1.54) is 16.7 Å². The molecule has 1 rings (SSSR count). The van der Waals surface area contributed by atoms with Crippen LogP contribution in [0.25, 0.3) is 0 Å². The Morgan fingerprint density at radius 1 is 1.17 bits per heavy atom. The Balaban J connectivity index is 2.61. The molecule has 2 heteroatoms. The molecule has 0 spiro atoms. The Morgan fingerprint density at radius 3 is 2.28 bits per heavy atom. The largest absolute Gasteiger partial charge is 0.384 e. The minimum Gasteiger partial charge on any atom is -0.384 e. The average molecular weight is 249 g/mol. The highest BCUT2D eigenvalue weighted by Crippen LogP contribution is 2.14. The Morgan fingerprint density at radius 2 is 1.78 bits per heavy atom. The van der Waals surface area contributed by atoms with E-state index in [0.29, 0.717) is 12.0 Å². The predicted octanol–water partition coefficient (Wildman–Crippen LogP) is 3.11. The predicted molar refractivity (Wildman–Crippen MR) is 78.1 cm³/mol. The van der Waals surface area contributed by atoms with E-state index in [4.69, 9.17) is 4.74 Å². The molecule has 0 fully saturated rings. The maximum absolute atomic E-state index is 5.21. The summed E-state index contributed by atoms with van der Waals surface area (Å²) < 4.78 is 5.21. The summed E-state index contributed by atoms with van der Waals surface area (Å²) in [6, 6.07) is 7.33. The molecule has 102 valence electrons. The van der Waals surface area contributed by atoms with E-state index < -0.39 is 0 Å². The van der Waals surface area contributed by atoms with Crippen LogP contribution in [0, 0.1) is 19.8 Å². The molecule has 0 aliphatic rings. The Labute approximate surface area is 112 Å². The molecule has 0 saturated carbocycles. The average Bonchev–Trinajstić information content (AvgIpc) is 2.27. The van der Waals surface area contributed by atoms with Crippen LogP contribution < -0.4 is 5.32 Å². The summed E-state index contributed by atoms with van der Waals surface area (Å²) in [7, 11) is 3.82. The van der Waals surface area contributed by atoms with Crippen molar-refractivity contribution in [1.29, 1.82) is 0 Å². The van der Waals surface area contributed by atoms with Gasteiger partial charge in [-0.1, -0.05) is 36.2 Å². The van der Waals surface area contributed by atoms with Crippen molar-refractivity contribution in [2.24, 2.45) is 5.92 Å². The molecular weight excluding hydrogens is 222 g/mol. The smallest absolute Gasteiger partial charge is 0.0488 e. The lowest BCUT2D eigenvalue weighted by molar-refractivity contribution is 0.150. The van der Waals surface area contributed by atoms with Gasteiger partial charge in [0.05, 0.1) is 0 Å². The van der Waals surface area contributed by atoms with Gasteiger partial charge < -0.3 is 10.1 Å². The number of hydrogen-bond acceptors (Lipinski definition) is 2. The van der Waals surface area contributed by atoms with Crippen molar-refractivity contribution in [2.45, 2.75) is 39.7 Å². The SMILES string of the molecule is CNC(Cc1cc(C)cc(C)c1)CC(C)COC. The molecule has 0 heterocycles. The maximum Gasteiger partial charge on any atom is 0.0488 e. The van der Waals surface area contributed by atoms with E-state index in [2.05, 4.69) is 44.3 Å². The highest BCUT2D eigenvalue weighted by atomic mass is 16.5. The van der Waals surface area contributed by atoms with Crippen LogP contribution in [-0.4, -0.2) is 26.8 Å². The molecule has 0 bridgehead atoms. The molecule has 2 unspecified atom stereocenters. The molecule has 0 aliphatic carbocycles. The van der Waals surface area contributed by atoms with Crippen molar-refractivity contribution in [1.82, 2.24) is 5.32 Å². The van der Waals surface area contributed by atoms with Gasteiger partial charge in [0.25, 0.3) is 0 Å². The molecule has 1 aromatic carbocycles. The minimum absolute atomic E-state index is 0.524. The Bertz CT molecular complexity index is 342. The number of methoxy groups -OCH3 is 1. The van der Waals surface area contributed by atoms with Gasteiger partial charge in [-0.05, 0) is 45.2 Å². The number of nitrogens with one attached hydrogen (secondary N) is 1. The minimum atomic E-state index is 0.524. The lowest BCUT2D eigenvalue weighted by atomic mass is 9.95. The van der Waals surface area contributed by atoms with Crippen LogP contribution in [0.15, 0.2) is 18.2 Å². The van der Waals surface area contributed by atoms with Crippen molar-refractivity contribution < 1.29 is 4.74 Å². The standard InChI is InChI=1S/C16H27NO/c1-12-6-13(2)8-15(7-12)10-16(17-4)9-14(3)11-18-5/h6-8,14,16-17H,9-11H2,1-5H3. The molecule has 1 N–H and O–H groups in total. The van der Waals surface area contributed by atoms with Crippen molar-refractivity contribution in [3.8, 4) is 0 Å². The summed E-state index contributed by atoms with van der Waals surface area (Å²) in [4.78, 5) is 0. The molecule has 18 heavy (non-hydrogen) atoms. The maximum atomic E-state index is 5.21. The molecule has 2 nitrogen and oxygen atoms in total. The van der Waals surface area contributed by atoms with Crippen molar-refractivity contribution in [3.63, 3.8) is 0 Å². The van der Waals surface area contributed by atoms with Gasteiger partial charge in [0.1, 0.15) is 0 Å². The van der Waals surface area contributed by atoms with Gasteiger partial charge in [0.15, 0.2) is 0 Å². The van der Waals surface area contributed by atoms with E-state index in [1.807, 2.05) is 7.05 Å². The highest BCUT2D eigenvalue weighted by Gasteiger charge is 2.12. The fourth-order valence-electron chi connectivity index (χ4n) is 2.61. The fourth-order valence-corrected chi connectivity index (χ4v) is 2.61. The van der Waals surface area contributed by atoms with Crippen LogP contribution in [-0.2, 0) is 11.2 Å². The quantitative estimate of drug-likeness (QED) is 0.801. The zero-order valence-electron chi connectivity index (χ0n) is 12.4. The number of rotatable bonds is 7. The fraction of sp³-hybridized carbons (Fsp3) is 0.625. The first-order valence-electron chi connectivity index (χ1n) is 6.78. The van der Waals surface area contributed by atoms with Gasteiger partial charge in [-0.25, -0.2) is 0 Å². The van der Waals surface area contributed by atoms with Gasteiger partial charge in [-0.15, -0.1) is 0 Å². The molecular formula is C16H27NO. The zero-order valence-corrected chi connectivity index (χ0v) is 12.4. The molecule has 0 saturated heterocycles. The van der Waals surface area contributed by atoms with Gasteiger partial charge >= 0.3 is 0 Å². The van der Waals surface area contributed by atoms with Crippen molar-refractivity contribution in [2.75, 3.05) is 20.8 Å². The third kappa shape index (κ3) is 5.19. The summed E-state index contributed by atoms with van der Waals surface area (Å²) in [5.74, 6) is 0.596. The number of likely N-dealkylation sites (N-methyl/N-ethyl adjacent to an activating group) is 1. The second-order valence-corrected chi connectivity index (χ2v) is 5.48. The lowest BCUT2D eigenvalue weighted by Crippen LogP contribution is -2.30. The third-order valence-electron chi connectivity index (χ3n) is 3.31. The molecule has 0 aromatic heterocycles. The van der Waals surface area contributed by atoms with Crippen LogP contribution in [0.4, 0.5) is 0 Å². The van der Waals surface area contributed by atoms with E-state index in [-0.39, 0.29) is 0 Å². The first-order chi connectivity index (χ1) is 8.55. The molecule has 1 aromatic rings. The molecule has 0 radical (unpaired) electrons.